The number of hydrogen-bond donors (Lipinski definition) is 0. The van der Waals surface area contributed by atoms with Crippen LogP contribution in [-0.4, -0.2) is 53.6 Å². The molecule has 0 spiro atoms. The number of piperidine rings is 1. The molecule has 3 aromatic rings. The number of likely N-dealkylation sites (tertiary alicyclic amines) is 2. The fourth-order valence-corrected chi connectivity index (χ4v) is 10.9. The van der Waals surface area contributed by atoms with Crippen LogP contribution in [0.15, 0.2) is 67.0 Å². The first-order chi connectivity index (χ1) is 20.2. The molecular formula is C36H41N3O2. The monoisotopic (exact) mass is 547 g/mol. The Morgan fingerprint density at radius 3 is 2.68 bits per heavy atom. The lowest BCUT2D eigenvalue weighted by atomic mass is 9.43. The van der Waals surface area contributed by atoms with Gasteiger partial charge >= 0.3 is 0 Å². The van der Waals surface area contributed by atoms with Crippen LogP contribution in [-0.2, 0) is 18.4 Å². The van der Waals surface area contributed by atoms with Gasteiger partial charge in [-0.05, 0) is 104 Å². The minimum atomic E-state index is 0.135. The van der Waals surface area contributed by atoms with Gasteiger partial charge in [-0.1, -0.05) is 36.4 Å². The van der Waals surface area contributed by atoms with Gasteiger partial charge in [0.2, 0.25) is 0 Å². The predicted molar refractivity (Wildman–Crippen MR) is 159 cm³/mol. The Labute approximate surface area is 243 Å². The van der Waals surface area contributed by atoms with E-state index < -0.39 is 0 Å². The van der Waals surface area contributed by atoms with E-state index in [9.17, 15) is 0 Å². The zero-order valence-corrected chi connectivity index (χ0v) is 24.2. The van der Waals surface area contributed by atoms with Gasteiger partial charge in [-0.3, -0.25) is 14.8 Å². The lowest BCUT2D eigenvalue weighted by molar-refractivity contribution is -0.106. The molecule has 3 saturated carbocycles. The number of methoxy groups -OCH3 is 1. The summed E-state index contributed by atoms with van der Waals surface area (Å²) in [5.74, 6) is 4.99. The number of ether oxygens (including phenoxy) is 2. The highest BCUT2D eigenvalue weighted by molar-refractivity contribution is 5.61. The summed E-state index contributed by atoms with van der Waals surface area (Å²) < 4.78 is 12.9. The summed E-state index contributed by atoms with van der Waals surface area (Å²) in [6.07, 6.45) is 13.0. The van der Waals surface area contributed by atoms with Gasteiger partial charge in [0.15, 0.2) is 11.5 Å². The zero-order chi connectivity index (χ0) is 27.2. The Balaban J connectivity index is 1.20. The van der Waals surface area contributed by atoms with Crippen molar-refractivity contribution < 1.29 is 9.47 Å². The van der Waals surface area contributed by atoms with E-state index in [-0.39, 0.29) is 5.41 Å². The van der Waals surface area contributed by atoms with Crippen molar-refractivity contribution in [2.75, 3.05) is 26.7 Å². The summed E-state index contributed by atoms with van der Waals surface area (Å²) in [6, 6.07) is 21.0. The molecule has 5 fully saturated rings. The highest BCUT2D eigenvalue weighted by Crippen LogP contribution is 2.77. The molecule has 6 unspecified atom stereocenters. The number of hydrogen-bond acceptors (Lipinski definition) is 5. The van der Waals surface area contributed by atoms with E-state index in [1.165, 1.54) is 74.8 Å². The molecule has 1 aromatic heterocycles. The average Bonchev–Trinajstić information content (AvgIpc) is 3.71. The van der Waals surface area contributed by atoms with Crippen LogP contribution >= 0.6 is 0 Å². The molecule has 0 radical (unpaired) electrons. The van der Waals surface area contributed by atoms with Crippen molar-refractivity contribution in [2.45, 2.75) is 69.0 Å². The molecule has 0 N–H and O–H groups in total. The second kappa shape index (κ2) is 9.05. The van der Waals surface area contributed by atoms with Crippen LogP contribution in [0.5, 0.6) is 17.2 Å². The maximum atomic E-state index is 6.86. The Kier molecular flexibility index (Phi) is 5.45. The molecule has 5 heteroatoms. The summed E-state index contributed by atoms with van der Waals surface area (Å²) in [5, 5.41) is 0. The summed E-state index contributed by atoms with van der Waals surface area (Å²) in [4.78, 5) is 10.2. The molecule has 212 valence electrons. The van der Waals surface area contributed by atoms with Crippen molar-refractivity contribution in [3.63, 3.8) is 0 Å². The molecule has 4 bridgehead atoms. The second-order valence-corrected chi connectivity index (χ2v) is 14.0. The van der Waals surface area contributed by atoms with Gasteiger partial charge in [0.05, 0.1) is 13.3 Å². The average molecular weight is 548 g/mol. The lowest BCUT2D eigenvalue weighted by Crippen LogP contribution is -2.69. The number of fused-ring (bicyclic) bond motifs is 1. The maximum absolute atomic E-state index is 6.86. The van der Waals surface area contributed by atoms with Gasteiger partial charge < -0.3 is 9.47 Å². The van der Waals surface area contributed by atoms with Crippen LogP contribution in [0.3, 0.4) is 0 Å². The Hall–Kier alpha value is -2.89. The fraction of sp³-hybridized carbons (Fsp3) is 0.528. The largest absolute Gasteiger partial charge is 0.493 e. The molecule has 9 rings (SSSR count). The van der Waals surface area contributed by atoms with Crippen molar-refractivity contribution in [1.82, 2.24) is 14.8 Å². The van der Waals surface area contributed by atoms with Gasteiger partial charge in [0, 0.05) is 48.9 Å². The van der Waals surface area contributed by atoms with Crippen LogP contribution in [0.4, 0.5) is 0 Å². The lowest BCUT2D eigenvalue weighted by Gasteiger charge is -2.66. The standard InChI is InChI=1S/C36H41N3O2/c1-40-30-12-11-26-18-31-35-14-13-29-32(27(19-35)23-39(29)22-24-6-3-2-4-7-24)36(35,15-17-38(31)21-25-9-10-25)33(26)34(30)41-28-8-5-16-37-20-28/h2-8,11-12,16,20,25,27,29,31-32H,9-10,13-15,17-19,21-23H2,1H3. The van der Waals surface area contributed by atoms with Gasteiger partial charge in [-0.25, -0.2) is 0 Å². The van der Waals surface area contributed by atoms with E-state index in [1.54, 1.807) is 7.11 Å². The van der Waals surface area contributed by atoms with Gasteiger partial charge in [0.25, 0.3) is 0 Å². The van der Waals surface area contributed by atoms with Crippen LogP contribution in [0.25, 0.3) is 0 Å². The van der Waals surface area contributed by atoms with Crippen LogP contribution in [0.1, 0.15) is 55.2 Å². The van der Waals surface area contributed by atoms with Crippen LogP contribution < -0.4 is 9.47 Å². The number of benzene rings is 2. The molecule has 2 aliphatic heterocycles. The van der Waals surface area contributed by atoms with Crippen molar-refractivity contribution >= 4 is 0 Å². The Morgan fingerprint density at radius 1 is 0.976 bits per heavy atom. The van der Waals surface area contributed by atoms with Gasteiger partial charge in [-0.2, -0.15) is 0 Å². The number of pyridine rings is 1. The van der Waals surface area contributed by atoms with E-state index in [2.05, 4.69) is 57.2 Å². The molecular weight excluding hydrogens is 506 g/mol. The fourth-order valence-electron chi connectivity index (χ4n) is 10.9. The van der Waals surface area contributed by atoms with E-state index in [4.69, 9.17) is 9.47 Å². The molecule has 0 amide bonds. The van der Waals surface area contributed by atoms with Crippen LogP contribution in [0, 0.1) is 23.2 Å². The van der Waals surface area contributed by atoms with E-state index >= 15 is 0 Å². The highest BCUT2D eigenvalue weighted by atomic mass is 16.5. The predicted octanol–water partition coefficient (Wildman–Crippen LogP) is 6.46. The van der Waals surface area contributed by atoms with Gasteiger partial charge in [-0.15, -0.1) is 0 Å². The molecule has 2 saturated heterocycles. The Bertz CT molecular complexity index is 1460. The maximum Gasteiger partial charge on any atom is 0.173 e. The molecule has 6 atom stereocenters. The summed E-state index contributed by atoms with van der Waals surface area (Å²) >= 11 is 0. The van der Waals surface area contributed by atoms with Crippen molar-refractivity contribution in [1.29, 1.82) is 0 Å². The van der Waals surface area contributed by atoms with E-state index in [1.807, 2.05) is 24.5 Å². The number of nitrogens with zero attached hydrogens (tertiary/aromatic N) is 3. The van der Waals surface area contributed by atoms with E-state index in [0.717, 1.165) is 42.0 Å². The Morgan fingerprint density at radius 2 is 1.88 bits per heavy atom. The molecule has 6 aliphatic rings. The van der Waals surface area contributed by atoms with E-state index in [0.29, 0.717) is 23.4 Å². The van der Waals surface area contributed by atoms with Crippen molar-refractivity contribution in [2.24, 2.45) is 23.2 Å². The summed E-state index contributed by atoms with van der Waals surface area (Å²) in [5.41, 5.74) is 4.92. The molecule has 5 nitrogen and oxygen atoms in total. The van der Waals surface area contributed by atoms with Crippen LogP contribution in [0.2, 0.25) is 0 Å². The second-order valence-electron chi connectivity index (χ2n) is 14.0. The normalized spacial score (nSPS) is 35.1. The summed E-state index contributed by atoms with van der Waals surface area (Å²) in [6.45, 7) is 4.84. The minimum absolute atomic E-state index is 0.135. The first kappa shape index (κ1) is 24.7. The third-order valence-corrected chi connectivity index (χ3v) is 12.3. The topological polar surface area (TPSA) is 37.8 Å². The smallest absolute Gasteiger partial charge is 0.173 e. The third kappa shape index (κ3) is 3.45. The molecule has 4 aliphatic carbocycles. The number of aromatic nitrogens is 1. The molecule has 2 aromatic carbocycles. The van der Waals surface area contributed by atoms with Gasteiger partial charge in [0.1, 0.15) is 5.75 Å². The quantitative estimate of drug-likeness (QED) is 0.339. The van der Waals surface area contributed by atoms with Crippen molar-refractivity contribution in [3.8, 4) is 17.2 Å². The summed E-state index contributed by atoms with van der Waals surface area (Å²) in [7, 11) is 1.80. The van der Waals surface area contributed by atoms with Crippen molar-refractivity contribution in [3.05, 3.63) is 83.7 Å². The first-order valence-electron chi connectivity index (χ1n) is 16.0. The number of rotatable bonds is 7. The first-order valence-corrected chi connectivity index (χ1v) is 16.0. The SMILES string of the molecule is COc1ccc2c(c1Oc1cccnc1)C13CCN(CC4CC4)C(C2)C12CCC1C3C(CN1Cc1ccccc1)C2. The molecule has 41 heavy (non-hydrogen) atoms. The molecule has 3 heterocycles. The highest BCUT2D eigenvalue weighted by Gasteiger charge is 2.76. The third-order valence-electron chi connectivity index (χ3n) is 12.3. The zero-order valence-electron chi connectivity index (χ0n) is 24.2. The minimum Gasteiger partial charge on any atom is -0.493 e.